The van der Waals surface area contributed by atoms with Crippen LogP contribution in [0.2, 0.25) is 5.15 Å². The number of carbonyl (C=O) groups excluding carboxylic acids is 1. The predicted octanol–water partition coefficient (Wildman–Crippen LogP) is 3.01. The second-order valence-electron chi connectivity index (χ2n) is 5.43. The molecule has 0 aliphatic heterocycles. The van der Waals surface area contributed by atoms with E-state index in [0.717, 1.165) is 6.07 Å². The fraction of sp³-hybridized carbons (Fsp3) is 0.200. The van der Waals surface area contributed by atoms with E-state index in [0.29, 0.717) is 11.9 Å². The topological polar surface area (TPSA) is 111 Å². The number of hydrogen-bond acceptors (Lipinski definition) is 6. The molecule has 3 heterocycles. The molecule has 0 radical (unpaired) electrons. The zero-order valence-corrected chi connectivity index (χ0v) is 14.9. The molecular formula is C15H12ClF3N8O. The quantitative estimate of drug-likeness (QED) is 0.637. The molecule has 0 aliphatic carbocycles. The summed E-state index contributed by atoms with van der Waals surface area (Å²) in [7, 11) is 0. The lowest BCUT2D eigenvalue weighted by atomic mass is 10.3. The number of amides is 2. The molecular weight excluding hydrogens is 401 g/mol. The van der Waals surface area contributed by atoms with Crippen molar-refractivity contribution in [3.8, 4) is 5.95 Å². The molecule has 1 atom stereocenters. The predicted molar refractivity (Wildman–Crippen MR) is 91.8 cm³/mol. The molecule has 2 amide bonds. The zero-order chi connectivity index (χ0) is 20.3. The van der Waals surface area contributed by atoms with Crippen LogP contribution in [0, 0.1) is 0 Å². The summed E-state index contributed by atoms with van der Waals surface area (Å²) in [6, 6.07) is 2.01. The molecule has 146 valence electrons. The number of urea groups is 1. The minimum absolute atomic E-state index is 0.0766. The van der Waals surface area contributed by atoms with Crippen LogP contribution in [0.5, 0.6) is 0 Å². The Morgan fingerprint density at radius 3 is 2.57 bits per heavy atom. The van der Waals surface area contributed by atoms with Crippen LogP contribution in [-0.2, 0) is 6.18 Å². The van der Waals surface area contributed by atoms with Gasteiger partial charge in [0, 0.05) is 12.4 Å². The van der Waals surface area contributed by atoms with Crippen LogP contribution in [0.1, 0.15) is 24.5 Å². The van der Waals surface area contributed by atoms with Crippen LogP contribution in [0.25, 0.3) is 5.95 Å². The monoisotopic (exact) mass is 412 g/mol. The van der Waals surface area contributed by atoms with E-state index in [4.69, 9.17) is 11.6 Å². The lowest BCUT2D eigenvalue weighted by Crippen LogP contribution is -2.33. The van der Waals surface area contributed by atoms with E-state index in [1.807, 2.05) is 0 Å². The van der Waals surface area contributed by atoms with Gasteiger partial charge in [0.2, 0.25) is 0 Å². The maximum atomic E-state index is 12.6. The molecule has 0 fully saturated rings. The number of carbonyl (C=O) groups is 1. The summed E-state index contributed by atoms with van der Waals surface area (Å²) in [5.74, 6) is 0.608. The molecule has 0 unspecified atom stereocenters. The molecule has 0 aromatic carbocycles. The number of alkyl halides is 3. The minimum Gasteiger partial charge on any atom is -0.328 e. The van der Waals surface area contributed by atoms with Crippen LogP contribution < -0.4 is 10.6 Å². The summed E-state index contributed by atoms with van der Waals surface area (Å²) < 4.78 is 39.2. The van der Waals surface area contributed by atoms with Crippen molar-refractivity contribution < 1.29 is 18.0 Å². The highest BCUT2D eigenvalue weighted by molar-refractivity contribution is 6.32. The number of rotatable bonds is 4. The fourth-order valence-corrected chi connectivity index (χ4v) is 2.41. The lowest BCUT2D eigenvalue weighted by molar-refractivity contribution is -0.141. The first-order valence-corrected chi connectivity index (χ1v) is 8.12. The number of aromatic nitrogens is 6. The molecule has 3 rings (SSSR count). The Morgan fingerprint density at radius 1 is 1.21 bits per heavy atom. The molecule has 3 aromatic rings. The maximum Gasteiger partial charge on any atom is 0.433 e. The number of nitrogens with one attached hydrogen (secondary N) is 2. The minimum atomic E-state index is -4.64. The Bertz CT molecular complexity index is 979. The van der Waals surface area contributed by atoms with Crippen molar-refractivity contribution in [1.82, 2.24) is 35.0 Å². The third kappa shape index (κ3) is 4.34. The van der Waals surface area contributed by atoms with Gasteiger partial charge in [-0.05, 0) is 25.1 Å². The number of anilines is 1. The maximum absolute atomic E-state index is 12.6. The van der Waals surface area contributed by atoms with Gasteiger partial charge in [-0.3, -0.25) is 0 Å². The van der Waals surface area contributed by atoms with Gasteiger partial charge in [0.05, 0.1) is 11.7 Å². The number of halogens is 4. The molecule has 28 heavy (non-hydrogen) atoms. The van der Waals surface area contributed by atoms with Crippen LogP contribution in [-0.4, -0.2) is 35.7 Å². The highest BCUT2D eigenvalue weighted by atomic mass is 35.5. The summed E-state index contributed by atoms with van der Waals surface area (Å²) in [4.78, 5) is 27.6. The van der Waals surface area contributed by atoms with Crippen molar-refractivity contribution in [2.24, 2.45) is 0 Å². The van der Waals surface area contributed by atoms with Gasteiger partial charge in [0.15, 0.2) is 11.0 Å². The molecule has 0 saturated heterocycles. The highest BCUT2D eigenvalue weighted by Crippen LogP contribution is 2.30. The van der Waals surface area contributed by atoms with Crippen molar-refractivity contribution in [2.75, 3.05) is 5.32 Å². The van der Waals surface area contributed by atoms with Crippen molar-refractivity contribution in [2.45, 2.75) is 19.1 Å². The van der Waals surface area contributed by atoms with Crippen LogP contribution in [0.15, 0.2) is 36.9 Å². The summed E-state index contributed by atoms with van der Waals surface area (Å²) in [5.41, 5.74) is -1.24. The van der Waals surface area contributed by atoms with E-state index in [9.17, 15) is 18.0 Å². The van der Waals surface area contributed by atoms with Crippen molar-refractivity contribution in [3.63, 3.8) is 0 Å². The van der Waals surface area contributed by atoms with Crippen LogP contribution in [0.4, 0.5) is 23.7 Å². The summed E-state index contributed by atoms with van der Waals surface area (Å²) in [5, 5.41) is 8.45. The molecule has 0 spiro atoms. The van der Waals surface area contributed by atoms with Gasteiger partial charge in [-0.15, -0.1) is 0 Å². The van der Waals surface area contributed by atoms with E-state index in [2.05, 4.69) is 35.7 Å². The third-order valence-electron chi connectivity index (χ3n) is 3.44. The molecule has 13 heteroatoms. The van der Waals surface area contributed by atoms with Gasteiger partial charge in [-0.1, -0.05) is 11.6 Å². The Hall–Kier alpha value is -3.28. The molecule has 0 saturated carbocycles. The third-order valence-corrected chi connectivity index (χ3v) is 3.73. The van der Waals surface area contributed by atoms with Gasteiger partial charge < -0.3 is 10.6 Å². The summed E-state index contributed by atoms with van der Waals surface area (Å²) in [6.07, 6.45) is -0.308. The molecule has 2 N–H and O–H groups in total. The first-order chi connectivity index (χ1) is 13.3. The van der Waals surface area contributed by atoms with E-state index in [-0.39, 0.29) is 11.6 Å². The first kappa shape index (κ1) is 19.5. The van der Waals surface area contributed by atoms with Crippen molar-refractivity contribution in [3.05, 3.63) is 53.6 Å². The van der Waals surface area contributed by atoms with Gasteiger partial charge in [-0.2, -0.15) is 23.0 Å². The van der Waals surface area contributed by atoms with E-state index in [1.165, 1.54) is 23.4 Å². The van der Waals surface area contributed by atoms with Crippen LogP contribution in [0.3, 0.4) is 0 Å². The van der Waals surface area contributed by atoms with Crippen molar-refractivity contribution >= 4 is 23.3 Å². The SMILES string of the molecule is C[C@H](NC(=O)Nc1ccc(C(F)(F)F)nc1Cl)c1ncnn1-c1ncccn1. The Balaban J connectivity index is 1.70. The largest absolute Gasteiger partial charge is 0.433 e. The number of pyridine rings is 1. The van der Waals surface area contributed by atoms with E-state index < -0.39 is 29.1 Å². The first-order valence-electron chi connectivity index (χ1n) is 7.74. The number of hydrogen-bond donors (Lipinski definition) is 2. The van der Waals surface area contributed by atoms with Crippen LogP contribution >= 0.6 is 11.6 Å². The Morgan fingerprint density at radius 2 is 1.93 bits per heavy atom. The molecule has 0 aliphatic rings. The smallest absolute Gasteiger partial charge is 0.328 e. The fourth-order valence-electron chi connectivity index (χ4n) is 2.21. The standard InChI is InChI=1S/C15H12ClF3N8O/c1-8(12-22-7-23-27(12)13-20-5-2-6-21-13)24-14(28)25-9-3-4-10(15(17,18)19)26-11(9)16/h2-8H,1H3,(H2,24,25,28)/t8-/m0/s1. The summed E-state index contributed by atoms with van der Waals surface area (Å²) in [6.45, 7) is 1.63. The van der Waals surface area contributed by atoms with E-state index in [1.54, 1.807) is 13.0 Å². The van der Waals surface area contributed by atoms with Gasteiger partial charge in [0.25, 0.3) is 5.95 Å². The normalized spacial score (nSPS) is 12.5. The lowest BCUT2D eigenvalue weighted by Gasteiger charge is -2.15. The summed E-state index contributed by atoms with van der Waals surface area (Å²) >= 11 is 5.72. The zero-order valence-electron chi connectivity index (χ0n) is 14.1. The average molecular weight is 413 g/mol. The average Bonchev–Trinajstić information content (AvgIpc) is 3.13. The van der Waals surface area contributed by atoms with Gasteiger partial charge >= 0.3 is 12.2 Å². The molecule has 0 bridgehead atoms. The van der Waals surface area contributed by atoms with Gasteiger partial charge in [-0.25, -0.2) is 24.7 Å². The highest BCUT2D eigenvalue weighted by Gasteiger charge is 2.33. The number of nitrogens with zero attached hydrogens (tertiary/aromatic N) is 6. The second-order valence-corrected chi connectivity index (χ2v) is 5.79. The van der Waals surface area contributed by atoms with E-state index >= 15 is 0 Å². The molecule has 3 aromatic heterocycles. The Labute approximate surface area is 161 Å². The van der Waals surface area contributed by atoms with Gasteiger partial charge in [0.1, 0.15) is 12.0 Å². The van der Waals surface area contributed by atoms with Crippen molar-refractivity contribution in [1.29, 1.82) is 0 Å². The second kappa shape index (κ2) is 7.76. The Kier molecular flexibility index (Phi) is 5.40. The molecule has 9 nitrogen and oxygen atoms in total.